The molecular formula is C17H19N5O2. The van der Waals surface area contributed by atoms with Gasteiger partial charge < -0.3 is 10.0 Å². The fourth-order valence-electron chi connectivity index (χ4n) is 3.47. The second-order valence-electron chi connectivity index (χ2n) is 6.31. The van der Waals surface area contributed by atoms with Gasteiger partial charge in [0.1, 0.15) is 5.75 Å². The molecule has 4 rings (SSSR count). The van der Waals surface area contributed by atoms with Crippen molar-refractivity contribution in [2.45, 2.75) is 32.1 Å². The monoisotopic (exact) mass is 325 g/mol. The van der Waals surface area contributed by atoms with Crippen LogP contribution in [-0.2, 0) is 12.8 Å². The Bertz CT molecular complexity index is 798. The van der Waals surface area contributed by atoms with Gasteiger partial charge in [-0.05, 0) is 60.6 Å². The number of fused-ring (bicyclic) bond motifs is 1. The van der Waals surface area contributed by atoms with Gasteiger partial charge in [-0.25, -0.2) is 0 Å². The van der Waals surface area contributed by atoms with Crippen LogP contribution in [0.5, 0.6) is 5.75 Å². The Morgan fingerprint density at radius 1 is 1.17 bits per heavy atom. The molecule has 0 atom stereocenters. The Hall–Kier alpha value is -2.70. The number of tetrazole rings is 1. The van der Waals surface area contributed by atoms with Crippen molar-refractivity contribution < 1.29 is 9.90 Å². The molecule has 24 heavy (non-hydrogen) atoms. The molecule has 1 aromatic carbocycles. The maximum absolute atomic E-state index is 12.8. The van der Waals surface area contributed by atoms with Crippen LogP contribution < -0.4 is 0 Å². The quantitative estimate of drug-likeness (QED) is 0.876. The summed E-state index contributed by atoms with van der Waals surface area (Å²) in [5.74, 6) is 0.552. The molecule has 2 heterocycles. The lowest BCUT2D eigenvalue weighted by atomic mass is 9.89. The minimum atomic E-state index is -0.121. The van der Waals surface area contributed by atoms with Crippen LogP contribution in [0.1, 0.15) is 46.6 Å². The summed E-state index contributed by atoms with van der Waals surface area (Å²) in [5.41, 5.74) is 3.77. The van der Waals surface area contributed by atoms with E-state index in [4.69, 9.17) is 0 Å². The first-order valence-electron chi connectivity index (χ1n) is 8.29. The lowest BCUT2D eigenvalue weighted by Crippen LogP contribution is -2.35. The maximum Gasteiger partial charge on any atom is 0.257 e. The van der Waals surface area contributed by atoms with Crippen LogP contribution in [0.25, 0.3) is 5.57 Å². The molecule has 2 aliphatic rings. The summed E-state index contributed by atoms with van der Waals surface area (Å²) in [4.78, 5) is 14.5. The average molecular weight is 325 g/mol. The molecule has 124 valence electrons. The van der Waals surface area contributed by atoms with Gasteiger partial charge in [0, 0.05) is 18.7 Å². The van der Waals surface area contributed by atoms with Crippen LogP contribution in [0.2, 0.25) is 0 Å². The van der Waals surface area contributed by atoms with E-state index in [1.165, 1.54) is 11.1 Å². The Labute approximate surface area is 139 Å². The third-order valence-corrected chi connectivity index (χ3v) is 4.82. The number of aryl methyl sites for hydroxylation is 2. The molecule has 1 amide bonds. The molecule has 2 aromatic rings. The second kappa shape index (κ2) is 6.07. The van der Waals surface area contributed by atoms with Crippen LogP contribution in [0.4, 0.5) is 0 Å². The first-order valence-corrected chi connectivity index (χ1v) is 8.29. The molecule has 0 fully saturated rings. The maximum atomic E-state index is 12.8. The molecule has 1 aromatic heterocycles. The van der Waals surface area contributed by atoms with E-state index >= 15 is 0 Å². The third-order valence-electron chi connectivity index (χ3n) is 4.82. The van der Waals surface area contributed by atoms with Crippen molar-refractivity contribution in [3.63, 3.8) is 0 Å². The number of rotatable bonds is 2. The first-order chi connectivity index (χ1) is 11.7. The zero-order chi connectivity index (χ0) is 16.5. The van der Waals surface area contributed by atoms with Gasteiger partial charge in [-0.1, -0.05) is 6.08 Å². The molecule has 7 nitrogen and oxygen atoms in total. The minimum Gasteiger partial charge on any atom is -0.507 e. The molecule has 1 aliphatic heterocycles. The number of benzene rings is 1. The van der Waals surface area contributed by atoms with E-state index in [-0.39, 0.29) is 11.7 Å². The number of amides is 1. The summed E-state index contributed by atoms with van der Waals surface area (Å²) in [6.07, 6.45) is 6.88. The van der Waals surface area contributed by atoms with Gasteiger partial charge in [0.05, 0.1) is 5.56 Å². The fraction of sp³-hybridized carbons (Fsp3) is 0.412. The van der Waals surface area contributed by atoms with Gasteiger partial charge in [0.25, 0.3) is 5.91 Å². The molecule has 0 saturated carbocycles. The number of aromatic nitrogens is 4. The molecule has 0 radical (unpaired) electrons. The van der Waals surface area contributed by atoms with Crippen LogP contribution in [0, 0.1) is 0 Å². The highest BCUT2D eigenvalue weighted by atomic mass is 16.3. The summed E-state index contributed by atoms with van der Waals surface area (Å²) in [7, 11) is 0. The second-order valence-corrected chi connectivity index (χ2v) is 6.31. The van der Waals surface area contributed by atoms with Crippen molar-refractivity contribution in [1.29, 1.82) is 0 Å². The standard InChI is InChI=1S/C17H19N5O2/c23-15-10-13-4-2-1-3-12(13)9-14(15)17(24)22-7-5-11(6-8-22)16-18-20-21-19-16/h5,9-10,23H,1-4,6-8H2,(H,18,19,20,21). The van der Waals surface area contributed by atoms with Crippen molar-refractivity contribution in [2.24, 2.45) is 0 Å². The number of H-pyrrole nitrogens is 1. The number of phenolic OH excluding ortho intramolecular Hbond substituents is 1. The van der Waals surface area contributed by atoms with Crippen LogP contribution in [-0.4, -0.2) is 49.6 Å². The third kappa shape index (κ3) is 2.66. The van der Waals surface area contributed by atoms with Gasteiger partial charge in [-0.2, -0.15) is 5.21 Å². The molecule has 1 aliphatic carbocycles. The number of aromatic hydroxyl groups is 1. The summed E-state index contributed by atoms with van der Waals surface area (Å²) in [6.45, 7) is 1.06. The van der Waals surface area contributed by atoms with Crippen molar-refractivity contribution in [2.75, 3.05) is 13.1 Å². The van der Waals surface area contributed by atoms with Gasteiger partial charge in [-0.15, -0.1) is 10.2 Å². The van der Waals surface area contributed by atoms with E-state index < -0.39 is 0 Å². The zero-order valence-electron chi connectivity index (χ0n) is 13.3. The number of hydrogen-bond acceptors (Lipinski definition) is 5. The molecule has 0 saturated heterocycles. The van der Waals surface area contributed by atoms with Crippen LogP contribution in [0.3, 0.4) is 0 Å². The van der Waals surface area contributed by atoms with Crippen molar-refractivity contribution in [1.82, 2.24) is 25.5 Å². The van der Waals surface area contributed by atoms with Gasteiger partial charge >= 0.3 is 0 Å². The highest BCUT2D eigenvalue weighted by molar-refractivity contribution is 5.97. The topological polar surface area (TPSA) is 95.0 Å². The number of nitrogens with one attached hydrogen (secondary N) is 1. The van der Waals surface area contributed by atoms with Crippen LogP contribution in [0.15, 0.2) is 18.2 Å². The Morgan fingerprint density at radius 3 is 2.62 bits per heavy atom. The number of phenols is 1. The number of carbonyl (C=O) groups is 1. The van der Waals surface area contributed by atoms with E-state index in [1.807, 2.05) is 12.1 Å². The largest absolute Gasteiger partial charge is 0.507 e. The van der Waals surface area contributed by atoms with E-state index in [9.17, 15) is 9.90 Å². The minimum absolute atomic E-state index is 0.0913. The Morgan fingerprint density at radius 2 is 1.96 bits per heavy atom. The Kier molecular flexibility index (Phi) is 3.76. The summed E-state index contributed by atoms with van der Waals surface area (Å²) < 4.78 is 0. The summed E-state index contributed by atoms with van der Waals surface area (Å²) >= 11 is 0. The highest BCUT2D eigenvalue weighted by Crippen LogP contribution is 2.30. The fourth-order valence-corrected chi connectivity index (χ4v) is 3.47. The van der Waals surface area contributed by atoms with Gasteiger partial charge in [0.15, 0.2) is 5.82 Å². The van der Waals surface area contributed by atoms with E-state index in [1.54, 1.807) is 11.0 Å². The number of carbonyl (C=O) groups excluding carboxylic acids is 1. The molecule has 0 bridgehead atoms. The van der Waals surface area contributed by atoms with Gasteiger partial charge in [-0.3, -0.25) is 4.79 Å². The lowest BCUT2D eigenvalue weighted by molar-refractivity contribution is 0.0769. The lowest BCUT2D eigenvalue weighted by Gasteiger charge is -2.27. The first kappa shape index (κ1) is 14.9. The zero-order valence-corrected chi connectivity index (χ0v) is 13.3. The van der Waals surface area contributed by atoms with E-state index in [2.05, 4.69) is 20.6 Å². The summed E-state index contributed by atoms with van der Waals surface area (Å²) in [6, 6.07) is 3.65. The van der Waals surface area contributed by atoms with Crippen molar-refractivity contribution in [3.05, 3.63) is 40.7 Å². The van der Waals surface area contributed by atoms with Crippen molar-refractivity contribution >= 4 is 11.5 Å². The van der Waals surface area contributed by atoms with Gasteiger partial charge in [0.2, 0.25) is 0 Å². The molecule has 7 heteroatoms. The number of nitrogens with zero attached hydrogens (tertiary/aromatic N) is 4. The predicted molar refractivity (Wildman–Crippen MR) is 87.4 cm³/mol. The smallest absolute Gasteiger partial charge is 0.257 e. The highest BCUT2D eigenvalue weighted by Gasteiger charge is 2.24. The number of hydrogen-bond donors (Lipinski definition) is 2. The Balaban J connectivity index is 1.54. The molecule has 2 N–H and O–H groups in total. The normalized spacial score (nSPS) is 17.3. The summed E-state index contributed by atoms with van der Waals surface area (Å²) in [5, 5.41) is 24.2. The van der Waals surface area contributed by atoms with E-state index in [0.29, 0.717) is 30.9 Å². The average Bonchev–Trinajstić information content (AvgIpc) is 3.15. The predicted octanol–water partition coefficient (Wildman–Crippen LogP) is 1.71. The van der Waals surface area contributed by atoms with Crippen LogP contribution >= 0.6 is 0 Å². The van der Waals surface area contributed by atoms with Crippen molar-refractivity contribution in [3.8, 4) is 5.75 Å². The SMILES string of the molecule is O=C(c1cc2c(cc1O)CCCC2)N1CC=C(c2nn[nH]n2)CC1. The van der Waals surface area contributed by atoms with E-state index in [0.717, 1.165) is 31.3 Å². The molecule has 0 unspecified atom stereocenters. The number of aromatic amines is 1. The molecule has 0 spiro atoms. The molecular weight excluding hydrogens is 306 g/mol.